The molecule has 7 heteroatoms. The van der Waals surface area contributed by atoms with Crippen LogP contribution >= 0.6 is 23.2 Å². The number of aliphatic carboxylic acids is 1. The zero-order chi connectivity index (χ0) is 25.8. The Morgan fingerprint density at radius 1 is 1.06 bits per heavy atom. The van der Waals surface area contributed by atoms with Gasteiger partial charge < -0.3 is 10.4 Å². The SMILES string of the molecule is Cc1c(-c2ccc(Cl)cc2Cl)ccc2c1cnn2C(CC(C)C)c1ccc(CNCCC(=O)O)cc1. The fraction of sp³-hybridized carbons (Fsp3) is 0.310. The first-order valence-electron chi connectivity index (χ1n) is 12.2. The highest BCUT2D eigenvalue weighted by molar-refractivity contribution is 6.36. The molecule has 1 atom stereocenters. The monoisotopic (exact) mass is 523 g/mol. The number of benzene rings is 3. The minimum atomic E-state index is -0.792. The van der Waals surface area contributed by atoms with Gasteiger partial charge in [-0.3, -0.25) is 9.48 Å². The number of nitrogens with zero attached hydrogens (tertiary/aromatic N) is 2. The molecule has 4 aromatic rings. The summed E-state index contributed by atoms with van der Waals surface area (Å²) in [5, 5.41) is 19.2. The standard InChI is InChI=1S/C29H31Cl2N3O2/c1-18(2)14-28(21-6-4-20(5-7-21)16-32-13-12-29(35)36)34-27-11-10-23(19(3)25(27)17-33-34)24-9-8-22(30)15-26(24)31/h4-11,15,17-18,28,32H,12-14,16H2,1-3H3,(H,35,36). The van der Waals surface area contributed by atoms with Crippen molar-refractivity contribution in [3.63, 3.8) is 0 Å². The molecule has 2 N–H and O–H groups in total. The number of nitrogens with one attached hydrogen (secondary N) is 1. The highest BCUT2D eigenvalue weighted by Crippen LogP contribution is 2.37. The van der Waals surface area contributed by atoms with Crippen LogP contribution in [0.2, 0.25) is 10.0 Å². The van der Waals surface area contributed by atoms with E-state index in [2.05, 4.69) is 67.2 Å². The highest BCUT2D eigenvalue weighted by Gasteiger charge is 2.20. The van der Waals surface area contributed by atoms with E-state index in [0.29, 0.717) is 29.1 Å². The second-order valence-corrected chi connectivity index (χ2v) is 10.4. The first-order valence-corrected chi connectivity index (χ1v) is 12.9. The van der Waals surface area contributed by atoms with Crippen molar-refractivity contribution in [2.75, 3.05) is 6.54 Å². The van der Waals surface area contributed by atoms with Crippen molar-refractivity contribution in [3.05, 3.63) is 87.5 Å². The summed E-state index contributed by atoms with van der Waals surface area (Å²) in [5.41, 5.74) is 6.58. The number of carbonyl (C=O) groups is 1. The van der Waals surface area contributed by atoms with Crippen LogP contribution in [0.5, 0.6) is 0 Å². The van der Waals surface area contributed by atoms with Gasteiger partial charge in [0.2, 0.25) is 0 Å². The number of hydrogen-bond donors (Lipinski definition) is 2. The van der Waals surface area contributed by atoms with Gasteiger partial charge in [-0.2, -0.15) is 5.10 Å². The van der Waals surface area contributed by atoms with E-state index >= 15 is 0 Å². The molecule has 0 fully saturated rings. The average molecular weight is 524 g/mol. The van der Waals surface area contributed by atoms with Crippen molar-refractivity contribution < 1.29 is 9.90 Å². The summed E-state index contributed by atoms with van der Waals surface area (Å²) >= 11 is 12.6. The molecule has 0 amide bonds. The Bertz CT molecular complexity index is 1360. The van der Waals surface area contributed by atoms with Crippen molar-refractivity contribution in [2.24, 2.45) is 5.92 Å². The molecule has 1 aromatic heterocycles. The number of aromatic nitrogens is 2. The minimum Gasteiger partial charge on any atom is -0.481 e. The fourth-order valence-corrected chi connectivity index (χ4v) is 5.13. The molecule has 188 valence electrons. The topological polar surface area (TPSA) is 67.2 Å². The van der Waals surface area contributed by atoms with Crippen LogP contribution in [-0.4, -0.2) is 27.4 Å². The fourth-order valence-electron chi connectivity index (χ4n) is 4.62. The smallest absolute Gasteiger partial charge is 0.304 e. The second-order valence-electron chi connectivity index (χ2n) is 9.59. The van der Waals surface area contributed by atoms with Gasteiger partial charge in [0.05, 0.1) is 24.2 Å². The lowest BCUT2D eigenvalue weighted by Gasteiger charge is -2.22. The maximum Gasteiger partial charge on any atom is 0.304 e. The van der Waals surface area contributed by atoms with Crippen LogP contribution in [0.25, 0.3) is 22.0 Å². The summed E-state index contributed by atoms with van der Waals surface area (Å²) in [5.74, 6) is -0.306. The molecular formula is C29H31Cl2N3O2. The molecule has 0 aliphatic rings. The van der Waals surface area contributed by atoms with E-state index in [-0.39, 0.29) is 12.5 Å². The van der Waals surface area contributed by atoms with Gasteiger partial charge >= 0.3 is 5.97 Å². The molecule has 1 unspecified atom stereocenters. The van der Waals surface area contributed by atoms with E-state index in [0.717, 1.165) is 39.6 Å². The van der Waals surface area contributed by atoms with Crippen molar-refractivity contribution in [3.8, 4) is 11.1 Å². The van der Waals surface area contributed by atoms with Crippen LogP contribution in [0, 0.1) is 12.8 Å². The van der Waals surface area contributed by atoms with Crippen LogP contribution in [0.3, 0.4) is 0 Å². The van der Waals surface area contributed by atoms with Gasteiger partial charge in [-0.25, -0.2) is 0 Å². The lowest BCUT2D eigenvalue weighted by Crippen LogP contribution is -2.18. The number of aryl methyl sites for hydroxylation is 1. The molecular weight excluding hydrogens is 493 g/mol. The highest BCUT2D eigenvalue weighted by atomic mass is 35.5. The van der Waals surface area contributed by atoms with Gasteiger partial charge in [-0.1, -0.05) is 73.4 Å². The van der Waals surface area contributed by atoms with Crippen LogP contribution in [0.15, 0.2) is 60.8 Å². The van der Waals surface area contributed by atoms with Crippen molar-refractivity contribution in [1.82, 2.24) is 15.1 Å². The summed E-state index contributed by atoms with van der Waals surface area (Å²) in [6.45, 7) is 7.66. The van der Waals surface area contributed by atoms with E-state index < -0.39 is 5.97 Å². The normalized spacial score (nSPS) is 12.4. The number of rotatable bonds is 10. The molecule has 3 aromatic carbocycles. The Morgan fingerprint density at radius 3 is 2.44 bits per heavy atom. The van der Waals surface area contributed by atoms with Crippen LogP contribution in [-0.2, 0) is 11.3 Å². The predicted molar refractivity (Wildman–Crippen MR) is 148 cm³/mol. The Kier molecular flexibility index (Phi) is 8.35. The largest absolute Gasteiger partial charge is 0.481 e. The molecule has 0 radical (unpaired) electrons. The Balaban J connectivity index is 1.64. The number of carboxylic acids is 1. The molecule has 1 heterocycles. The van der Waals surface area contributed by atoms with Gasteiger partial charge in [0.25, 0.3) is 0 Å². The molecule has 0 aliphatic carbocycles. The molecule has 0 bridgehead atoms. The third kappa shape index (κ3) is 5.92. The molecule has 0 saturated carbocycles. The molecule has 0 saturated heterocycles. The zero-order valence-electron chi connectivity index (χ0n) is 20.8. The van der Waals surface area contributed by atoms with Crippen LogP contribution in [0.4, 0.5) is 0 Å². The van der Waals surface area contributed by atoms with Gasteiger partial charge in [-0.05, 0) is 59.7 Å². The lowest BCUT2D eigenvalue weighted by molar-refractivity contribution is -0.136. The lowest BCUT2D eigenvalue weighted by atomic mass is 9.95. The Hall–Kier alpha value is -2.86. The maximum atomic E-state index is 10.7. The summed E-state index contributed by atoms with van der Waals surface area (Å²) in [4.78, 5) is 10.7. The minimum absolute atomic E-state index is 0.0980. The van der Waals surface area contributed by atoms with E-state index in [1.54, 1.807) is 6.07 Å². The second kappa shape index (κ2) is 11.5. The Morgan fingerprint density at radius 2 is 1.78 bits per heavy atom. The third-order valence-corrected chi connectivity index (χ3v) is 7.02. The maximum absolute atomic E-state index is 10.7. The van der Waals surface area contributed by atoms with E-state index in [9.17, 15) is 4.79 Å². The van der Waals surface area contributed by atoms with Gasteiger partial charge in [0, 0.05) is 34.1 Å². The number of halogens is 2. The summed E-state index contributed by atoms with van der Waals surface area (Å²) in [6, 6.07) is 18.5. The first-order chi connectivity index (χ1) is 17.2. The van der Waals surface area contributed by atoms with Gasteiger partial charge in [0.1, 0.15) is 0 Å². The van der Waals surface area contributed by atoms with Crippen LogP contribution in [0.1, 0.15) is 49.4 Å². The number of fused-ring (bicyclic) bond motifs is 1. The van der Waals surface area contributed by atoms with E-state index in [4.69, 9.17) is 33.4 Å². The zero-order valence-corrected chi connectivity index (χ0v) is 22.3. The van der Waals surface area contributed by atoms with Crippen molar-refractivity contribution in [2.45, 2.75) is 46.2 Å². The van der Waals surface area contributed by atoms with Gasteiger partial charge in [-0.15, -0.1) is 0 Å². The first kappa shape index (κ1) is 26.2. The molecule has 4 rings (SSSR count). The number of hydrogen-bond acceptors (Lipinski definition) is 3. The Labute approximate surface area is 222 Å². The molecule has 0 spiro atoms. The summed E-state index contributed by atoms with van der Waals surface area (Å²) in [6.07, 6.45) is 3.02. The number of carboxylic acid groups (broad SMARTS) is 1. The quantitative estimate of drug-likeness (QED) is 0.211. The average Bonchev–Trinajstić information content (AvgIpc) is 3.26. The summed E-state index contributed by atoms with van der Waals surface area (Å²) in [7, 11) is 0. The van der Waals surface area contributed by atoms with Crippen molar-refractivity contribution in [1.29, 1.82) is 0 Å². The molecule has 5 nitrogen and oxygen atoms in total. The van der Waals surface area contributed by atoms with E-state index in [1.165, 1.54) is 5.56 Å². The molecule has 0 aliphatic heterocycles. The van der Waals surface area contributed by atoms with Gasteiger partial charge in [0.15, 0.2) is 0 Å². The third-order valence-electron chi connectivity index (χ3n) is 6.47. The van der Waals surface area contributed by atoms with Crippen molar-refractivity contribution >= 4 is 40.1 Å². The van der Waals surface area contributed by atoms with E-state index in [1.807, 2.05) is 18.3 Å². The molecule has 36 heavy (non-hydrogen) atoms. The summed E-state index contributed by atoms with van der Waals surface area (Å²) < 4.78 is 2.13. The predicted octanol–water partition coefficient (Wildman–Crippen LogP) is 7.52. The van der Waals surface area contributed by atoms with Crippen LogP contribution < -0.4 is 5.32 Å².